The van der Waals surface area contributed by atoms with Crippen molar-refractivity contribution in [2.24, 2.45) is 4.99 Å². The van der Waals surface area contributed by atoms with Gasteiger partial charge in [0.25, 0.3) is 5.56 Å². The number of benzene rings is 2. The van der Waals surface area contributed by atoms with Crippen molar-refractivity contribution in [1.29, 1.82) is 0 Å². The van der Waals surface area contributed by atoms with Crippen molar-refractivity contribution in [3.8, 4) is 11.6 Å². The van der Waals surface area contributed by atoms with Crippen molar-refractivity contribution in [3.63, 3.8) is 0 Å². The molecular weight excluding hydrogens is 358 g/mol. The smallest absolute Gasteiger partial charge is 0.262 e. The Balaban J connectivity index is 1.94. The van der Waals surface area contributed by atoms with Gasteiger partial charge >= 0.3 is 0 Å². The van der Waals surface area contributed by atoms with Crippen molar-refractivity contribution in [3.05, 3.63) is 79.8 Å². The molecule has 0 saturated carbocycles. The van der Waals surface area contributed by atoms with Crippen LogP contribution in [0.3, 0.4) is 0 Å². The van der Waals surface area contributed by atoms with Gasteiger partial charge in [-0.1, -0.05) is 35.9 Å². The summed E-state index contributed by atoms with van der Waals surface area (Å²) in [6.07, 6.45) is 3.32. The highest BCUT2D eigenvalue weighted by Crippen LogP contribution is 2.33. The van der Waals surface area contributed by atoms with E-state index in [1.54, 1.807) is 12.3 Å². The van der Waals surface area contributed by atoms with Crippen molar-refractivity contribution >= 4 is 35.8 Å². The van der Waals surface area contributed by atoms with Gasteiger partial charge in [0.1, 0.15) is 5.56 Å². The quantitative estimate of drug-likeness (QED) is 0.649. The lowest BCUT2D eigenvalue weighted by atomic mass is 10.1. The van der Waals surface area contributed by atoms with Gasteiger partial charge in [-0.05, 0) is 49.8 Å². The van der Waals surface area contributed by atoms with E-state index in [1.165, 1.54) is 4.57 Å². The maximum Gasteiger partial charge on any atom is 0.262 e. The van der Waals surface area contributed by atoms with Gasteiger partial charge in [0.05, 0.1) is 11.4 Å². The zero-order valence-corrected chi connectivity index (χ0v) is 15.7. The first kappa shape index (κ1) is 17.2. The summed E-state index contributed by atoms with van der Waals surface area (Å²) in [7, 11) is 0. The Hall–Kier alpha value is -3.25. The Kier molecular flexibility index (Phi) is 4.12. The minimum absolute atomic E-state index is 0.140. The van der Waals surface area contributed by atoms with Crippen LogP contribution in [-0.2, 0) is 0 Å². The summed E-state index contributed by atoms with van der Waals surface area (Å²) >= 11 is 5.31. The number of H-pyrrole nitrogens is 1. The normalized spacial score (nSPS) is 13.9. The maximum atomic E-state index is 12.5. The molecule has 1 aromatic heterocycles. The Morgan fingerprint density at radius 1 is 1.19 bits per heavy atom. The second-order valence-electron chi connectivity index (χ2n) is 6.50. The molecule has 5 nitrogen and oxygen atoms in total. The summed E-state index contributed by atoms with van der Waals surface area (Å²) in [6.45, 7) is 3.93. The molecule has 2 heterocycles. The number of nitrogens with one attached hydrogen (secondary N) is 1. The van der Waals surface area contributed by atoms with E-state index in [1.807, 2.05) is 56.3 Å². The summed E-state index contributed by atoms with van der Waals surface area (Å²) in [5.41, 5.74) is 4.98. The molecule has 2 aromatic carbocycles. The SMILES string of the molecule is Cc1ccc(-n2c(O)c(C=C3C=Nc4ccccc43)c(=O)[nH]c2=S)c(C)c1. The molecule has 0 radical (unpaired) electrons. The van der Waals surface area contributed by atoms with E-state index in [0.717, 1.165) is 33.6 Å². The third-order valence-electron chi connectivity index (χ3n) is 4.57. The van der Waals surface area contributed by atoms with Gasteiger partial charge in [0.15, 0.2) is 4.77 Å². The summed E-state index contributed by atoms with van der Waals surface area (Å²) in [4.78, 5) is 19.5. The van der Waals surface area contributed by atoms with Crippen LogP contribution in [0.25, 0.3) is 17.3 Å². The van der Waals surface area contributed by atoms with E-state index >= 15 is 0 Å². The molecule has 0 amide bonds. The van der Waals surface area contributed by atoms with Crippen LogP contribution in [0.1, 0.15) is 22.3 Å². The Bertz CT molecular complexity index is 1250. The Morgan fingerprint density at radius 2 is 1.96 bits per heavy atom. The zero-order chi connectivity index (χ0) is 19.1. The number of nitrogens with zero attached hydrogens (tertiary/aromatic N) is 2. The molecule has 0 bridgehead atoms. The Morgan fingerprint density at radius 3 is 2.74 bits per heavy atom. The van der Waals surface area contributed by atoms with Gasteiger partial charge < -0.3 is 5.11 Å². The fourth-order valence-electron chi connectivity index (χ4n) is 3.26. The number of allylic oxidation sites excluding steroid dienone is 1. The lowest BCUT2D eigenvalue weighted by Crippen LogP contribution is -2.16. The molecule has 0 atom stereocenters. The van der Waals surface area contributed by atoms with Gasteiger partial charge in [-0.25, -0.2) is 0 Å². The van der Waals surface area contributed by atoms with Crippen LogP contribution in [0.15, 0.2) is 52.3 Å². The van der Waals surface area contributed by atoms with E-state index in [-0.39, 0.29) is 16.2 Å². The molecule has 6 heteroatoms. The number of aromatic nitrogens is 2. The number of aliphatic imine (C=N–C) groups is 1. The average Bonchev–Trinajstić information content (AvgIpc) is 3.03. The van der Waals surface area contributed by atoms with Crippen molar-refractivity contribution in [2.75, 3.05) is 0 Å². The molecule has 2 N–H and O–H groups in total. The molecule has 0 spiro atoms. The predicted octanol–water partition coefficient (Wildman–Crippen LogP) is 4.47. The van der Waals surface area contributed by atoms with Crippen molar-refractivity contribution in [2.45, 2.75) is 13.8 Å². The molecule has 0 fully saturated rings. The molecule has 3 aromatic rings. The van der Waals surface area contributed by atoms with E-state index in [2.05, 4.69) is 9.98 Å². The number of hydrogen-bond donors (Lipinski definition) is 2. The molecule has 1 aliphatic rings. The molecule has 0 aliphatic carbocycles. The van der Waals surface area contributed by atoms with Gasteiger partial charge in [0.2, 0.25) is 5.88 Å². The fraction of sp³-hybridized carbons (Fsp3) is 0.0952. The molecule has 27 heavy (non-hydrogen) atoms. The van der Waals surface area contributed by atoms with Gasteiger partial charge in [0, 0.05) is 17.4 Å². The zero-order valence-electron chi connectivity index (χ0n) is 14.9. The third-order valence-corrected chi connectivity index (χ3v) is 4.86. The number of rotatable bonds is 2. The van der Waals surface area contributed by atoms with Gasteiger partial charge in [-0.2, -0.15) is 0 Å². The molecule has 0 saturated heterocycles. The van der Waals surface area contributed by atoms with E-state index in [0.29, 0.717) is 0 Å². The molecule has 1 aliphatic heterocycles. The summed E-state index contributed by atoms with van der Waals surface area (Å²) in [6, 6.07) is 13.5. The minimum Gasteiger partial charge on any atom is -0.494 e. The number of fused-ring (bicyclic) bond motifs is 1. The molecular formula is C21H17N3O2S. The van der Waals surface area contributed by atoms with Crippen LogP contribution in [0.5, 0.6) is 5.88 Å². The standard InChI is InChI=1S/C21H17N3O2S/c1-12-7-8-18(13(2)9-12)24-20(26)16(19(25)23-21(24)27)10-14-11-22-17-6-4-3-5-15(14)17/h3-11,26H,1-2H3,(H,23,25,27). The van der Waals surface area contributed by atoms with Crippen molar-refractivity contribution < 1.29 is 5.11 Å². The number of aryl methyl sites for hydroxylation is 2. The van der Waals surface area contributed by atoms with E-state index < -0.39 is 5.56 Å². The van der Waals surface area contributed by atoms with Crippen LogP contribution in [0, 0.1) is 18.6 Å². The second kappa shape index (κ2) is 6.48. The summed E-state index contributed by atoms with van der Waals surface area (Å²) in [5, 5.41) is 10.9. The van der Waals surface area contributed by atoms with Gasteiger partial charge in [-0.3, -0.25) is 19.3 Å². The first-order chi connectivity index (χ1) is 13.0. The number of para-hydroxylation sites is 1. The van der Waals surface area contributed by atoms with Crippen molar-refractivity contribution in [1.82, 2.24) is 9.55 Å². The van der Waals surface area contributed by atoms with Crippen LogP contribution in [0.2, 0.25) is 0 Å². The van der Waals surface area contributed by atoms with Crippen LogP contribution in [0.4, 0.5) is 5.69 Å². The first-order valence-corrected chi connectivity index (χ1v) is 8.87. The van der Waals surface area contributed by atoms with Crippen LogP contribution < -0.4 is 5.56 Å². The lowest BCUT2D eigenvalue weighted by molar-refractivity contribution is 0.431. The Labute approximate surface area is 161 Å². The number of aromatic hydroxyl groups is 1. The molecule has 0 unspecified atom stereocenters. The maximum absolute atomic E-state index is 12.5. The minimum atomic E-state index is -0.441. The summed E-state index contributed by atoms with van der Waals surface area (Å²) in [5.74, 6) is -0.194. The fourth-order valence-corrected chi connectivity index (χ4v) is 3.54. The highest BCUT2D eigenvalue weighted by molar-refractivity contribution is 7.71. The predicted molar refractivity (Wildman–Crippen MR) is 111 cm³/mol. The second-order valence-corrected chi connectivity index (χ2v) is 6.88. The summed E-state index contributed by atoms with van der Waals surface area (Å²) < 4.78 is 1.63. The third kappa shape index (κ3) is 2.94. The monoisotopic (exact) mass is 375 g/mol. The number of hydrogen-bond acceptors (Lipinski definition) is 4. The van der Waals surface area contributed by atoms with Gasteiger partial charge in [-0.15, -0.1) is 0 Å². The van der Waals surface area contributed by atoms with Crippen LogP contribution >= 0.6 is 12.2 Å². The van der Waals surface area contributed by atoms with Crippen LogP contribution in [-0.4, -0.2) is 20.9 Å². The van der Waals surface area contributed by atoms with E-state index in [4.69, 9.17) is 12.2 Å². The molecule has 134 valence electrons. The lowest BCUT2D eigenvalue weighted by Gasteiger charge is -2.14. The highest BCUT2D eigenvalue weighted by Gasteiger charge is 2.17. The largest absolute Gasteiger partial charge is 0.494 e. The topological polar surface area (TPSA) is 70.4 Å². The van der Waals surface area contributed by atoms with E-state index in [9.17, 15) is 9.90 Å². The average molecular weight is 375 g/mol. The highest BCUT2D eigenvalue weighted by atomic mass is 32.1. The molecule has 4 rings (SSSR count). The first-order valence-electron chi connectivity index (χ1n) is 8.47. The number of aromatic amines is 1.